The highest BCUT2D eigenvalue weighted by Crippen LogP contribution is 2.24. The minimum atomic E-state index is -0.881. The Kier molecular flexibility index (Phi) is 4.21. The lowest BCUT2D eigenvalue weighted by molar-refractivity contribution is -0.384. The summed E-state index contributed by atoms with van der Waals surface area (Å²) in [5.41, 5.74) is 0.656. The highest BCUT2D eigenvalue weighted by Gasteiger charge is 2.36. The number of hydrogen-bond donors (Lipinski definition) is 1. The van der Waals surface area contributed by atoms with E-state index in [1.807, 2.05) is 6.92 Å². The molecule has 0 bridgehead atoms. The summed E-state index contributed by atoms with van der Waals surface area (Å²) in [5, 5.41) is 19.6. The molecule has 0 saturated carbocycles. The van der Waals surface area contributed by atoms with Crippen LogP contribution in [-0.4, -0.2) is 39.9 Å². The fraction of sp³-hybridized carbons (Fsp3) is 0.429. The van der Waals surface area contributed by atoms with Gasteiger partial charge in [-0.05, 0) is 11.5 Å². The molecule has 1 fully saturated rings. The van der Waals surface area contributed by atoms with Crippen LogP contribution in [0.5, 0.6) is 0 Å². The molecule has 1 heterocycles. The van der Waals surface area contributed by atoms with E-state index in [4.69, 9.17) is 5.11 Å². The Labute approximate surface area is 121 Å². The summed E-state index contributed by atoms with van der Waals surface area (Å²) >= 11 is 0. The Morgan fingerprint density at radius 2 is 1.95 bits per heavy atom. The van der Waals surface area contributed by atoms with Gasteiger partial charge >= 0.3 is 5.97 Å². The van der Waals surface area contributed by atoms with Crippen LogP contribution in [0.1, 0.15) is 12.5 Å². The summed E-state index contributed by atoms with van der Waals surface area (Å²) in [7, 11) is 0. The molecule has 1 aromatic carbocycles. The van der Waals surface area contributed by atoms with Crippen molar-refractivity contribution in [3.05, 3.63) is 39.9 Å². The molecule has 1 amide bonds. The zero-order valence-corrected chi connectivity index (χ0v) is 11.6. The lowest BCUT2D eigenvalue weighted by atomic mass is 9.99. The van der Waals surface area contributed by atoms with Crippen molar-refractivity contribution >= 4 is 17.6 Å². The van der Waals surface area contributed by atoms with Crippen LogP contribution in [0.2, 0.25) is 0 Å². The van der Waals surface area contributed by atoms with E-state index in [0.717, 1.165) is 0 Å². The number of rotatable bonds is 4. The average Bonchev–Trinajstić information content (AvgIpc) is 2.81. The number of non-ortho nitro benzene ring substituents is 1. The Morgan fingerprint density at radius 3 is 2.43 bits per heavy atom. The number of nitro benzene ring substituents is 1. The fourth-order valence-corrected chi connectivity index (χ4v) is 2.51. The summed E-state index contributed by atoms with van der Waals surface area (Å²) in [6, 6.07) is 5.80. The Hall–Kier alpha value is -2.44. The second-order valence-electron chi connectivity index (χ2n) is 5.32. The van der Waals surface area contributed by atoms with Crippen molar-refractivity contribution in [3.8, 4) is 0 Å². The van der Waals surface area contributed by atoms with Gasteiger partial charge in [0.05, 0.1) is 17.3 Å². The van der Waals surface area contributed by atoms with Crippen LogP contribution in [0.25, 0.3) is 0 Å². The first-order chi connectivity index (χ1) is 9.88. The van der Waals surface area contributed by atoms with Crippen LogP contribution in [-0.2, 0) is 16.0 Å². The molecule has 112 valence electrons. The minimum absolute atomic E-state index is 0.0214. The summed E-state index contributed by atoms with van der Waals surface area (Å²) in [4.78, 5) is 34.8. The van der Waals surface area contributed by atoms with Crippen molar-refractivity contribution in [1.82, 2.24) is 4.90 Å². The average molecular weight is 292 g/mol. The summed E-state index contributed by atoms with van der Waals surface area (Å²) in [6.07, 6.45) is 0.122. The number of carbonyl (C=O) groups excluding carboxylic acids is 1. The molecule has 2 rings (SSSR count). The number of carboxylic acid groups (broad SMARTS) is 1. The zero-order chi connectivity index (χ0) is 15.6. The summed E-state index contributed by atoms with van der Waals surface area (Å²) in [5.74, 6) is -1.62. The van der Waals surface area contributed by atoms with Gasteiger partial charge in [0.2, 0.25) is 5.91 Å². The first kappa shape index (κ1) is 15.0. The highest BCUT2D eigenvalue weighted by atomic mass is 16.6. The Balaban J connectivity index is 1.99. The van der Waals surface area contributed by atoms with Crippen molar-refractivity contribution in [2.24, 2.45) is 11.8 Å². The van der Waals surface area contributed by atoms with Gasteiger partial charge in [-0.15, -0.1) is 0 Å². The quantitative estimate of drug-likeness (QED) is 0.666. The number of nitro groups is 1. The molecule has 1 aromatic rings. The number of nitrogens with zero attached hydrogens (tertiary/aromatic N) is 2. The molecule has 1 N–H and O–H groups in total. The van der Waals surface area contributed by atoms with E-state index in [0.29, 0.717) is 12.1 Å². The van der Waals surface area contributed by atoms with Crippen LogP contribution in [0.15, 0.2) is 24.3 Å². The Morgan fingerprint density at radius 1 is 1.33 bits per heavy atom. The first-order valence-electron chi connectivity index (χ1n) is 6.62. The van der Waals surface area contributed by atoms with E-state index in [2.05, 4.69) is 0 Å². The number of aliphatic carboxylic acids is 1. The Bertz CT molecular complexity index is 569. The smallest absolute Gasteiger partial charge is 0.308 e. The number of benzene rings is 1. The van der Waals surface area contributed by atoms with Crippen molar-refractivity contribution in [3.63, 3.8) is 0 Å². The largest absolute Gasteiger partial charge is 0.481 e. The van der Waals surface area contributed by atoms with Gasteiger partial charge in [-0.3, -0.25) is 19.7 Å². The maximum atomic E-state index is 12.1. The van der Waals surface area contributed by atoms with Gasteiger partial charge in [-0.1, -0.05) is 19.1 Å². The number of amides is 1. The maximum absolute atomic E-state index is 12.1. The van der Waals surface area contributed by atoms with E-state index in [-0.39, 0.29) is 30.5 Å². The van der Waals surface area contributed by atoms with E-state index in [1.165, 1.54) is 12.1 Å². The van der Waals surface area contributed by atoms with Gasteiger partial charge in [0.25, 0.3) is 5.69 Å². The van der Waals surface area contributed by atoms with Crippen LogP contribution >= 0.6 is 0 Å². The molecule has 1 aliphatic heterocycles. The molecule has 7 heteroatoms. The predicted octanol–water partition coefficient (Wildman–Crippen LogP) is 1.32. The van der Waals surface area contributed by atoms with E-state index in [1.54, 1.807) is 17.0 Å². The third-order valence-electron chi connectivity index (χ3n) is 3.78. The van der Waals surface area contributed by atoms with E-state index < -0.39 is 16.8 Å². The van der Waals surface area contributed by atoms with Gasteiger partial charge in [-0.25, -0.2) is 0 Å². The minimum Gasteiger partial charge on any atom is -0.481 e. The maximum Gasteiger partial charge on any atom is 0.308 e. The van der Waals surface area contributed by atoms with E-state index >= 15 is 0 Å². The molecule has 2 atom stereocenters. The number of carboxylic acids is 1. The van der Waals surface area contributed by atoms with E-state index in [9.17, 15) is 19.7 Å². The predicted molar refractivity (Wildman–Crippen MR) is 73.7 cm³/mol. The number of likely N-dealkylation sites (tertiary alicyclic amines) is 1. The molecule has 2 unspecified atom stereocenters. The summed E-state index contributed by atoms with van der Waals surface area (Å²) < 4.78 is 0. The van der Waals surface area contributed by atoms with Crippen molar-refractivity contribution in [1.29, 1.82) is 0 Å². The normalized spacial score (nSPS) is 21.3. The van der Waals surface area contributed by atoms with Gasteiger partial charge in [0.1, 0.15) is 0 Å². The summed E-state index contributed by atoms with van der Waals surface area (Å²) in [6.45, 7) is 2.48. The first-order valence-corrected chi connectivity index (χ1v) is 6.62. The molecule has 7 nitrogen and oxygen atoms in total. The second-order valence-corrected chi connectivity index (χ2v) is 5.32. The third kappa shape index (κ3) is 3.36. The molecule has 1 saturated heterocycles. The van der Waals surface area contributed by atoms with Crippen molar-refractivity contribution in [2.45, 2.75) is 13.3 Å². The molecule has 21 heavy (non-hydrogen) atoms. The van der Waals surface area contributed by atoms with Gasteiger partial charge < -0.3 is 10.0 Å². The fourth-order valence-electron chi connectivity index (χ4n) is 2.51. The standard InChI is InChI=1S/C14H16N2O5/c1-9-7-15(8-12(9)14(18)19)13(17)6-10-2-4-11(5-3-10)16(20)21/h2-5,9,12H,6-8H2,1H3,(H,18,19). The molecule has 0 spiro atoms. The van der Waals surface area contributed by atoms with Crippen LogP contribution in [0.3, 0.4) is 0 Å². The highest BCUT2D eigenvalue weighted by molar-refractivity contribution is 5.81. The molecular formula is C14H16N2O5. The third-order valence-corrected chi connectivity index (χ3v) is 3.78. The topological polar surface area (TPSA) is 101 Å². The SMILES string of the molecule is CC1CN(C(=O)Cc2ccc([N+](=O)[O-])cc2)CC1C(=O)O. The second kappa shape index (κ2) is 5.90. The lowest BCUT2D eigenvalue weighted by Crippen LogP contribution is -2.31. The van der Waals surface area contributed by atoms with Crippen molar-refractivity contribution in [2.75, 3.05) is 13.1 Å². The van der Waals surface area contributed by atoms with Gasteiger partial charge in [0.15, 0.2) is 0 Å². The zero-order valence-electron chi connectivity index (χ0n) is 11.6. The van der Waals surface area contributed by atoms with Crippen molar-refractivity contribution < 1.29 is 19.6 Å². The number of carbonyl (C=O) groups is 2. The van der Waals surface area contributed by atoms with Crippen LogP contribution in [0.4, 0.5) is 5.69 Å². The van der Waals surface area contributed by atoms with Gasteiger partial charge in [0, 0.05) is 25.2 Å². The molecule has 0 radical (unpaired) electrons. The lowest BCUT2D eigenvalue weighted by Gasteiger charge is -2.15. The molecule has 1 aliphatic rings. The van der Waals surface area contributed by atoms with Crippen LogP contribution in [0, 0.1) is 22.0 Å². The van der Waals surface area contributed by atoms with Gasteiger partial charge in [-0.2, -0.15) is 0 Å². The van der Waals surface area contributed by atoms with Crippen LogP contribution < -0.4 is 0 Å². The molecule has 0 aromatic heterocycles. The number of hydrogen-bond acceptors (Lipinski definition) is 4. The monoisotopic (exact) mass is 292 g/mol. The molecular weight excluding hydrogens is 276 g/mol. The molecule has 0 aliphatic carbocycles.